The van der Waals surface area contributed by atoms with Gasteiger partial charge < -0.3 is 15.8 Å². The number of ether oxygens (including phenoxy) is 1. The number of nitrogens with one attached hydrogen (secondary N) is 1. The third-order valence-electron chi connectivity index (χ3n) is 2.49. The average Bonchev–Trinajstić information content (AvgIpc) is 2.39. The van der Waals surface area contributed by atoms with Crippen LogP contribution in [-0.2, 0) is 0 Å². The molecule has 100 valence electrons. The summed E-state index contributed by atoms with van der Waals surface area (Å²) in [7, 11) is 0. The van der Waals surface area contributed by atoms with Crippen LogP contribution < -0.4 is 15.8 Å². The van der Waals surface area contributed by atoms with Gasteiger partial charge in [0.1, 0.15) is 12.4 Å². The second-order valence-corrected chi connectivity index (χ2v) is 3.97. The van der Waals surface area contributed by atoms with Crippen LogP contribution in [0.5, 0.6) is 5.75 Å². The summed E-state index contributed by atoms with van der Waals surface area (Å²) in [5, 5.41) is 3.10. The number of hydrogen-bond acceptors (Lipinski definition) is 3. The highest BCUT2D eigenvalue weighted by Gasteiger charge is 2.04. The Kier molecular flexibility index (Phi) is 4.18. The Morgan fingerprint density at radius 2 is 1.79 bits per heavy atom. The van der Waals surface area contributed by atoms with E-state index in [0.29, 0.717) is 12.2 Å². The van der Waals surface area contributed by atoms with Gasteiger partial charge in [-0.2, -0.15) is 0 Å². The minimum absolute atomic E-state index is 0.0421. The molecule has 2 aromatic carbocycles. The normalized spacial score (nSPS) is 10.2. The maximum absolute atomic E-state index is 13.2. The van der Waals surface area contributed by atoms with Crippen LogP contribution in [0.2, 0.25) is 0 Å². The molecule has 0 saturated heterocycles. The molecule has 0 unspecified atom stereocenters. The van der Waals surface area contributed by atoms with E-state index in [0.717, 1.165) is 17.8 Å². The molecule has 3 nitrogen and oxygen atoms in total. The molecule has 0 amide bonds. The van der Waals surface area contributed by atoms with Crippen LogP contribution >= 0.6 is 0 Å². The monoisotopic (exact) mass is 264 g/mol. The molecular formula is C14H14F2N2O. The first kappa shape index (κ1) is 13.1. The fraction of sp³-hybridized carbons (Fsp3) is 0.143. The molecular weight excluding hydrogens is 250 g/mol. The van der Waals surface area contributed by atoms with Crippen molar-refractivity contribution in [1.82, 2.24) is 0 Å². The molecule has 0 aliphatic rings. The van der Waals surface area contributed by atoms with Crippen LogP contribution in [0.4, 0.5) is 20.2 Å². The van der Waals surface area contributed by atoms with E-state index in [1.54, 1.807) is 12.1 Å². The molecule has 0 aliphatic heterocycles. The highest BCUT2D eigenvalue weighted by atomic mass is 19.1. The molecule has 0 spiro atoms. The molecule has 5 heteroatoms. The largest absolute Gasteiger partial charge is 0.489 e. The van der Waals surface area contributed by atoms with Gasteiger partial charge >= 0.3 is 0 Å². The third-order valence-corrected chi connectivity index (χ3v) is 2.49. The van der Waals surface area contributed by atoms with E-state index in [9.17, 15) is 8.78 Å². The Balaban J connectivity index is 1.79. The fourth-order valence-corrected chi connectivity index (χ4v) is 1.55. The minimum Gasteiger partial charge on any atom is -0.489 e. The van der Waals surface area contributed by atoms with Crippen molar-refractivity contribution in [2.24, 2.45) is 0 Å². The van der Waals surface area contributed by atoms with Crippen molar-refractivity contribution in [3.05, 3.63) is 54.1 Å². The first-order valence-corrected chi connectivity index (χ1v) is 5.82. The average molecular weight is 264 g/mol. The summed E-state index contributed by atoms with van der Waals surface area (Å²) in [4.78, 5) is 0. The lowest BCUT2D eigenvalue weighted by Gasteiger charge is -2.09. The molecule has 0 fully saturated rings. The Morgan fingerprint density at radius 1 is 1.05 bits per heavy atom. The Labute approximate surface area is 110 Å². The van der Waals surface area contributed by atoms with Crippen molar-refractivity contribution in [2.75, 3.05) is 24.2 Å². The molecule has 2 aromatic rings. The van der Waals surface area contributed by atoms with Crippen LogP contribution in [-0.4, -0.2) is 13.2 Å². The van der Waals surface area contributed by atoms with E-state index in [4.69, 9.17) is 10.5 Å². The fourth-order valence-electron chi connectivity index (χ4n) is 1.55. The smallest absolute Gasteiger partial charge is 0.167 e. The van der Waals surface area contributed by atoms with E-state index < -0.39 is 11.6 Å². The number of hydrogen-bond donors (Lipinski definition) is 2. The first-order valence-electron chi connectivity index (χ1n) is 5.82. The Bertz CT molecular complexity index is 544. The maximum Gasteiger partial charge on any atom is 0.167 e. The summed E-state index contributed by atoms with van der Waals surface area (Å²) in [6.45, 7) is 0.771. The zero-order valence-electron chi connectivity index (χ0n) is 10.2. The van der Waals surface area contributed by atoms with Crippen LogP contribution in [0.15, 0.2) is 42.5 Å². The number of nitrogens with two attached hydrogens (primary N) is 1. The van der Waals surface area contributed by atoms with E-state index >= 15 is 0 Å². The highest BCUT2D eigenvalue weighted by Crippen LogP contribution is 2.17. The summed E-state index contributed by atoms with van der Waals surface area (Å²) in [6.07, 6.45) is 0. The van der Waals surface area contributed by atoms with Crippen molar-refractivity contribution in [3.8, 4) is 5.75 Å². The molecule has 0 aliphatic carbocycles. The number of benzene rings is 2. The first-order chi connectivity index (χ1) is 9.15. The topological polar surface area (TPSA) is 47.3 Å². The predicted molar refractivity (Wildman–Crippen MR) is 71.2 cm³/mol. The Morgan fingerprint density at radius 3 is 2.47 bits per heavy atom. The van der Waals surface area contributed by atoms with Crippen molar-refractivity contribution < 1.29 is 13.5 Å². The second-order valence-electron chi connectivity index (χ2n) is 3.97. The van der Waals surface area contributed by atoms with E-state index in [2.05, 4.69) is 5.32 Å². The SMILES string of the molecule is Nc1ccc(NCCOc2ccc(F)cc2F)cc1. The predicted octanol–water partition coefficient (Wildman–Crippen LogP) is 3.04. The van der Waals surface area contributed by atoms with Gasteiger partial charge in [0.2, 0.25) is 0 Å². The van der Waals surface area contributed by atoms with Gasteiger partial charge in [0.15, 0.2) is 11.6 Å². The maximum atomic E-state index is 13.2. The number of anilines is 2. The van der Waals surface area contributed by atoms with E-state index in [1.165, 1.54) is 6.07 Å². The van der Waals surface area contributed by atoms with Crippen molar-refractivity contribution >= 4 is 11.4 Å². The summed E-state index contributed by atoms with van der Waals surface area (Å²) in [6, 6.07) is 10.5. The zero-order valence-corrected chi connectivity index (χ0v) is 10.2. The minimum atomic E-state index is -0.701. The third kappa shape index (κ3) is 3.84. The molecule has 0 heterocycles. The number of rotatable bonds is 5. The standard InChI is InChI=1S/C14H14F2N2O/c15-10-1-6-14(13(16)9-10)19-8-7-18-12-4-2-11(17)3-5-12/h1-6,9,18H,7-8,17H2. The van der Waals surface area contributed by atoms with Crippen molar-refractivity contribution in [3.63, 3.8) is 0 Å². The van der Waals surface area contributed by atoms with Gasteiger partial charge in [-0.05, 0) is 36.4 Å². The summed E-state index contributed by atoms with van der Waals surface area (Å²) < 4.78 is 31.1. The van der Waals surface area contributed by atoms with Crippen LogP contribution in [0.1, 0.15) is 0 Å². The lowest BCUT2D eigenvalue weighted by atomic mass is 10.3. The van der Waals surface area contributed by atoms with Crippen molar-refractivity contribution in [1.29, 1.82) is 0 Å². The molecule has 0 radical (unpaired) electrons. The van der Waals surface area contributed by atoms with Crippen LogP contribution in [0, 0.1) is 11.6 Å². The van der Waals surface area contributed by atoms with Gasteiger partial charge in [-0.1, -0.05) is 0 Å². The van der Waals surface area contributed by atoms with E-state index in [1.807, 2.05) is 12.1 Å². The lowest BCUT2D eigenvalue weighted by Crippen LogP contribution is -2.12. The summed E-state index contributed by atoms with van der Waals surface area (Å²) in [5.74, 6) is -1.28. The summed E-state index contributed by atoms with van der Waals surface area (Å²) in [5.41, 5.74) is 7.15. The second kappa shape index (κ2) is 6.04. The van der Waals surface area contributed by atoms with Crippen LogP contribution in [0.3, 0.4) is 0 Å². The number of halogens is 2. The van der Waals surface area contributed by atoms with E-state index in [-0.39, 0.29) is 12.4 Å². The molecule has 3 N–H and O–H groups in total. The Hall–Kier alpha value is -2.30. The van der Waals surface area contributed by atoms with Gasteiger partial charge in [-0.25, -0.2) is 8.78 Å². The molecule has 0 aromatic heterocycles. The number of nitrogen functional groups attached to an aromatic ring is 1. The van der Waals surface area contributed by atoms with Gasteiger partial charge in [0.05, 0.1) is 0 Å². The molecule has 0 bridgehead atoms. The quantitative estimate of drug-likeness (QED) is 0.644. The molecule has 2 rings (SSSR count). The molecule has 0 atom stereocenters. The molecule has 19 heavy (non-hydrogen) atoms. The molecule has 0 saturated carbocycles. The highest BCUT2D eigenvalue weighted by molar-refractivity contribution is 5.51. The lowest BCUT2D eigenvalue weighted by molar-refractivity contribution is 0.314. The van der Waals surface area contributed by atoms with Crippen molar-refractivity contribution in [2.45, 2.75) is 0 Å². The summed E-state index contributed by atoms with van der Waals surface area (Å²) >= 11 is 0. The van der Waals surface area contributed by atoms with Crippen LogP contribution in [0.25, 0.3) is 0 Å². The van der Waals surface area contributed by atoms with Gasteiger partial charge in [-0.3, -0.25) is 0 Å². The van der Waals surface area contributed by atoms with Gasteiger partial charge in [-0.15, -0.1) is 0 Å². The van der Waals surface area contributed by atoms with Gasteiger partial charge in [0, 0.05) is 24.0 Å². The zero-order chi connectivity index (χ0) is 13.7. The van der Waals surface area contributed by atoms with Gasteiger partial charge in [0.25, 0.3) is 0 Å².